The summed E-state index contributed by atoms with van der Waals surface area (Å²) in [5.41, 5.74) is 3.80. The first-order valence-electron chi connectivity index (χ1n) is 7.78. The molecule has 0 aliphatic carbocycles. The molecule has 0 fully saturated rings. The molecule has 1 aromatic heterocycles. The van der Waals surface area contributed by atoms with E-state index in [4.69, 9.17) is 4.74 Å². The number of rotatable bonds is 5. The van der Waals surface area contributed by atoms with Crippen molar-refractivity contribution in [2.75, 3.05) is 17.7 Å². The second-order valence-corrected chi connectivity index (χ2v) is 5.58. The molecule has 0 atom stereocenters. The van der Waals surface area contributed by atoms with Crippen molar-refractivity contribution >= 4 is 23.1 Å². The van der Waals surface area contributed by atoms with E-state index in [1.807, 2.05) is 50.2 Å². The van der Waals surface area contributed by atoms with E-state index in [1.54, 1.807) is 13.2 Å². The summed E-state index contributed by atoms with van der Waals surface area (Å²) in [6.07, 6.45) is 0. The number of nitrogens with one attached hydrogen (secondary N) is 3. The quantitative estimate of drug-likeness (QED) is 0.663. The molecular formula is C18H19N5O2. The van der Waals surface area contributed by atoms with Crippen LogP contribution in [0, 0.1) is 13.8 Å². The summed E-state index contributed by atoms with van der Waals surface area (Å²) < 4.78 is 5.19. The first-order chi connectivity index (χ1) is 12.1. The van der Waals surface area contributed by atoms with Crippen LogP contribution in [0.1, 0.15) is 21.6 Å². The molecule has 0 bridgehead atoms. The average molecular weight is 337 g/mol. The van der Waals surface area contributed by atoms with Crippen LogP contribution >= 0.6 is 0 Å². The van der Waals surface area contributed by atoms with Gasteiger partial charge in [0, 0.05) is 17.4 Å². The van der Waals surface area contributed by atoms with E-state index >= 15 is 0 Å². The molecule has 7 nitrogen and oxygen atoms in total. The number of benzene rings is 2. The molecule has 3 N–H and O–H groups in total. The Balaban J connectivity index is 1.81. The fourth-order valence-corrected chi connectivity index (χ4v) is 2.38. The molecule has 3 rings (SSSR count). The van der Waals surface area contributed by atoms with Crippen molar-refractivity contribution in [2.24, 2.45) is 0 Å². The smallest absolute Gasteiger partial charge is 0.280 e. The van der Waals surface area contributed by atoms with Gasteiger partial charge in [0.15, 0.2) is 11.5 Å². The van der Waals surface area contributed by atoms with Crippen molar-refractivity contribution < 1.29 is 9.53 Å². The number of ether oxygens (including phenoxy) is 1. The van der Waals surface area contributed by atoms with Gasteiger partial charge < -0.3 is 15.4 Å². The van der Waals surface area contributed by atoms with E-state index in [-0.39, 0.29) is 11.6 Å². The lowest BCUT2D eigenvalue weighted by Crippen LogP contribution is -2.15. The third-order valence-corrected chi connectivity index (χ3v) is 3.95. The van der Waals surface area contributed by atoms with Crippen LogP contribution in [0.5, 0.6) is 5.75 Å². The lowest BCUT2D eigenvalue weighted by molar-refractivity contribution is 0.102. The zero-order valence-corrected chi connectivity index (χ0v) is 14.3. The monoisotopic (exact) mass is 337 g/mol. The number of H-pyrrole nitrogens is 1. The highest BCUT2D eigenvalue weighted by Crippen LogP contribution is 2.23. The molecule has 0 saturated carbocycles. The van der Waals surface area contributed by atoms with Crippen LogP contribution in [0.2, 0.25) is 0 Å². The number of carbonyl (C=O) groups is 1. The minimum Gasteiger partial charge on any atom is -0.497 e. The summed E-state index contributed by atoms with van der Waals surface area (Å²) in [6.45, 7) is 3.96. The standard InChI is InChI=1S/C18H19N5O2/c1-11-6-4-9-15(12(11)2)20-18(24)16-17(22-23-21-16)19-13-7-5-8-14(10-13)25-3/h4-10H,1-3H3,(H,20,24)(H2,19,21,22,23). The fourth-order valence-electron chi connectivity index (χ4n) is 2.38. The predicted octanol–water partition coefficient (Wildman–Crippen LogP) is 3.43. The number of aryl methyl sites for hydroxylation is 1. The summed E-state index contributed by atoms with van der Waals surface area (Å²) >= 11 is 0. The van der Waals surface area contributed by atoms with E-state index < -0.39 is 0 Å². The first kappa shape index (κ1) is 16.5. The van der Waals surface area contributed by atoms with Crippen LogP contribution in [-0.4, -0.2) is 28.4 Å². The lowest BCUT2D eigenvalue weighted by Gasteiger charge is -2.10. The van der Waals surface area contributed by atoms with Crippen LogP contribution in [0.3, 0.4) is 0 Å². The largest absolute Gasteiger partial charge is 0.497 e. The van der Waals surface area contributed by atoms with E-state index in [0.29, 0.717) is 11.6 Å². The third-order valence-electron chi connectivity index (χ3n) is 3.95. The molecule has 1 amide bonds. The maximum Gasteiger partial charge on any atom is 0.280 e. The van der Waals surface area contributed by atoms with Gasteiger partial charge in [-0.25, -0.2) is 0 Å². The summed E-state index contributed by atoms with van der Waals surface area (Å²) in [6, 6.07) is 13.1. The Morgan fingerprint density at radius 2 is 1.92 bits per heavy atom. The molecule has 0 saturated heterocycles. The molecule has 0 unspecified atom stereocenters. The number of aromatic nitrogens is 3. The Labute approximate surface area is 145 Å². The Kier molecular flexibility index (Phi) is 4.65. The SMILES string of the molecule is COc1cccc(Nc2n[nH]nc2C(=O)Nc2cccc(C)c2C)c1. The topological polar surface area (TPSA) is 91.9 Å². The van der Waals surface area contributed by atoms with Crippen LogP contribution in [-0.2, 0) is 0 Å². The van der Waals surface area contributed by atoms with Crippen LogP contribution in [0.15, 0.2) is 42.5 Å². The van der Waals surface area contributed by atoms with Gasteiger partial charge >= 0.3 is 0 Å². The highest BCUT2D eigenvalue weighted by Gasteiger charge is 2.18. The first-order valence-corrected chi connectivity index (χ1v) is 7.78. The predicted molar refractivity (Wildman–Crippen MR) is 96.5 cm³/mol. The minimum absolute atomic E-state index is 0.184. The van der Waals surface area contributed by atoms with Crippen molar-refractivity contribution in [3.8, 4) is 5.75 Å². The summed E-state index contributed by atoms with van der Waals surface area (Å²) in [7, 11) is 1.60. The highest BCUT2D eigenvalue weighted by atomic mass is 16.5. The number of nitrogens with zero attached hydrogens (tertiary/aromatic N) is 2. The molecule has 25 heavy (non-hydrogen) atoms. The molecule has 128 valence electrons. The van der Waals surface area contributed by atoms with Crippen molar-refractivity contribution in [1.82, 2.24) is 15.4 Å². The average Bonchev–Trinajstić information content (AvgIpc) is 3.07. The third kappa shape index (κ3) is 3.60. The Morgan fingerprint density at radius 3 is 2.72 bits per heavy atom. The molecule has 0 radical (unpaired) electrons. The zero-order valence-electron chi connectivity index (χ0n) is 14.3. The maximum atomic E-state index is 12.6. The van der Waals surface area contributed by atoms with Crippen LogP contribution in [0.4, 0.5) is 17.2 Å². The number of methoxy groups -OCH3 is 1. The number of amides is 1. The fraction of sp³-hybridized carbons (Fsp3) is 0.167. The summed E-state index contributed by atoms with van der Waals surface area (Å²) in [4.78, 5) is 12.6. The van der Waals surface area contributed by atoms with Crippen LogP contribution < -0.4 is 15.4 Å². The second-order valence-electron chi connectivity index (χ2n) is 5.58. The lowest BCUT2D eigenvalue weighted by atomic mass is 10.1. The molecule has 1 heterocycles. The normalized spacial score (nSPS) is 10.4. The van der Waals surface area contributed by atoms with Crippen molar-refractivity contribution in [1.29, 1.82) is 0 Å². The van der Waals surface area contributed by atoms with Gasteiger partial charge in [0.1, 0.15) is 5.75 Å². The van der Waals surface area contributed by atoms with E-state index in [9.17, 15) is 4.79 Å². The number of carbonyl (C=O) groups excluding carboxylic acids is 1. The van der Waals surface area contributed by atoms with Crippen molar-refractivity contribution in [3.05, 3.63) is 59.3 Å². The Hall–Kier alpha value is -3.35. The number of anilines is 3. The van der Waals surface area contributed by atoms with E-state index in [1.165, 1.54) is 0 Å². The van der Waals surface area contributed by atoms with Gasteiger partial charge in [-0.15, -0.1) is 10.2 Å². The number of aromatic amines is 1. The molecular weight excluding hydrogens is 318 g/mol. The van der Waals surface area contributed by atoms with Crippen molar-refractivity contribution in [2.45, 2.75) is 13.8 Å². The van der Waals surface area contributed by atoms with Gasteiger partial charge in [0.2, 0.25) is 0 Å². The molecule has 2 aromatic carbocycles. The van der Waals surface area contributed by atoms with E-state index in [0.717, 1.165) is 22.5 Å². The summed E-state index contributed by atoms with van der Waals surface area (Å²) in [5, 5.41) is 16.4. The molecule has 3 aromatic rings. The van der Waals surface area contributed by atoms with Gasteiger partial charge in [-0.2, -0.15) is 5.21 Å². The maximum absolute atomic E-state index is 12.6. The summed E-state index contributed by atoms with van der Waals surface area (Å²) in [5.74, 6) is 0.707. The van der Waals surface area contributed by atoms with E-state index in [2.05, 4.69) is 26.0 Å². The van der Waals surface area contributed by atoms with Gasteiger partial charge in [0.05, 0.1) is 7.11 Å². The minimum atomic E-state index is -0.340. The van der Waals surface area contributed by atoms with Crippen molar-refractivity contribution in [3.63, 3.8) is 0 Å². The van der Waals surface area contributed by atoms with Gasteiger partial charge in [-0.05, 0) is 43.2 Å². The van der Waals surface area contributed by atoms with Gasteiger partial charge in [-0.1, -0.05) is 18.2 Å². The molecule has 7 heteroatoms. The Morgan fingerprint density at radius 1 is 1.12 bits per heavy atom. The zero-order chi connectivity index (χ0) is 17.8. The molecule has 0 spiro atoms. The van der Waals surface area contributed by atoms with Crippen LogP contribution in [0.25, 0.3) is 0 Å². The molecule has 0 aliphatic rings. The van der Waals surface area contributed by atoms with Gasteiger partial charge in [0.25, 0.3) is 5.91 Å². The van der Waals surface area contributed by atoms with Gasteiger partial charge in [-0.3, -0.25) is 4.79 Å². The molecule has 0 aliphatic heterocycles. The number of hydrogen-bond donors (Lipinski definition) is 3. The highest BCUT2D eigenvalue weighted by molar-refractivity contribution is 6.06. The second kappa shape index (κ2) is 7.04. The number of hydrogen-bond acceptors (Lipinski definition) is 5. The Bertz CT molecular complexity index is 904.